The summed E-state index contributed by atoms with van der Waals surface area (Å²) in [7, 11) is 1.64. The van der Waals surface area contributed by atoms with Gasteiger partial charge in [0.05, 0.1) is 19.1 Å². The number of methoxy groups -OCH3 is 1. The molecule has 0 saturated heterocycles. The Kier molecular flexibility index (Phi) is 5.40. The third-order valence-corrected chi connectivity index (χ3v) is 6.61. The van der Waals surface area contributed by atoms with Crippen molar-refractivity contribution >= 4 is 38.7 Å². The van der Waals surface area contributed by atoms with Crippen LogP contribution in [0.5, 0.6) is 5.75 Å². The second kappa shape index (κ2) is 8.41. The summed E-state index contributed by atoms with van der Waals surface area (Å²) in [5, 5.41) is 5.78. The first-order valence-electron chi connectivity index (χ1n) is 11.2. The summed E-state index contributed by atoms with van der Waals surface area (Å²) in [4.78, 5) is 28.6. The molecule has 0 aliphatic rings. The number of carbonyl (C=O) groups is 1. The van der Waals surface area contributed by atoms with E-state index in [1.807, 2.05) is 51.2 Å². The van der Waals surface area contributed by atoms with Gasteiger partial charge in [0.2, 0.25) is 5.91 Å². The van der Waals surface area contributed by atoms with Crippen LogP contribution in [0.4, 0.5) is 0 Å². The highest BCUT2D eigenvalue weighted by Gasteiger charge is 2.17. The lowest BCUT2D eigenvalue weighted by Crippen LogP contribution is -2.29. The van der Waals surface area contributed by atoms with Crippen LogP contribution in [-0.4, -0.2) is 24.5 Å². The zero-order valence-electron chi connectivity index (χ0n) is 19.6. The molecule has 7 heteroatoms. The van der Waals surface area contributed by atoms with Crippen molar-refractivity contribution in [3.05, 3.63) is 75.0 Å². The fourth-order valence-electron chi connectivity index (χ4n) is 4.48. The van der Waals surface area contributed by atoms with E-state index in [1.165, 1.54) is 0 Å². The minimum atomic E-state index is -0.497. The number of aromatic amines is 1. The first kappa shape index (κ1) is 21.8. The van der Waals surface area contributed by atoms with E-state index < -0.39 is 5.63 Å². The fraction of sp³-hybridized carbons (Fsp3) is 0.259. The number of amides is 1. The van der Waals surface area contributed by atoms with E-state index >= 15 is 0 Å². The SMILES string of the molecule is COc1ccc2[nH]cc(CCNC(=O)Cc3c(C)c4cc5c(C)c(C)oc5cc4oc3=O)c2c1. The van der Waals surface area contributed by atoms with Crippen LogP contribution in [0.1, 0.15) is 28.0 Å². The molecule has 5 aromatic rings. The second-order valence-corrected chi connectivity index (χ2v) is 8.62. The number of nitrogens with one attached hydrogen (secondary N) is 2. The van der Waals surface area contributed by atoms with Crippen LogP contribution in [0, 0.1) is 20.8 Å². The first-order valence-corrected chi connectivity index (χ1v) is 11.2. The quantitative estimate of drug-likeness (QED) is 0.354. The summed E-state index contributed by atoms with van der Waals surface area (Å²) in [6, 6.07) is 9.58. The van der Waals surface area contributed by atoms with Crippen LogP contribution in [0.3, 0.4) is 0 Å². The van der Waals surface area contributed by atoms with Crippen LogP contribution in [0.2, 0.25) is 0 Å². The van der Waals surface area contributed by atoms with Crippen molar-refractivity contribution in [3.8, 4) is 5.75 Å². The van der Waals surface area contributed by atoms with Crippen molar-refractivity contribution in [2.24, 2.45) is 0 Å². The molecule has 0 radical (unpaired) electrons. The third-order valence-electron chi connectivity index (χ3n) is 6.61. The van der Waals surface area contributed by atoms with Crippen molar-refractivity contribution in [3.63, 3.8) is 0 Å². The zero-order chi connectivity index (χ0) is 24.0. The van der Waals surface area contributed by atoms with Crippen LogP contribution >= 0.6 is 0 Å². The average Bonchev–Trinajstić information content (AvgIpc) is 3.35. The lowest BCUT2D eigenvalue weighted by atomic mass is 10.0. The smallest absolute Gasteiger partial charge is 0.340 e. The van der Waals surface area contributed by atoms with Crippen LogP contribution in [0.15, 0.2) is 50.2 Å². The van der Waals surface area contributed by atoms with E-state index in [2.05, 4.69) is 10.3 Å². The van der Waals surface area contributed by atoms with Crippen molar-refractivity contribution in [1.29, 1.82) is 0 Å². The molecule has 0 bridgehead atoms. The highest BCUT2D eigenvalue weighted by atomic mass is 16.5. The van der Waals surface area contributed by atoms with Gasteiger partial charge in [-0.3, -0.25) is 4.79 Å². The topological polar surface area (TPSA) is 97.5 Å². The summed E-state index contributed by atoms with van der Waals surface area (Å²) in [5.74, 6) is 1.40. The Morgan fingerprint density at radius 2 is 1.76 bits per heavy atom. The van der Waals surface area contributed by atoms with E-state index in [-0.39, 0.29) is 12.3 Å². The van der Waals surface area contributed by atoms with E-state index in [1.54, 1.807) is 13.2 Å². The molecule has 0 aliphatic carbocycles. The molecular formula is C27H26N2O5. The molecule has 2 N–H and O–H groups in total. The number of fused-ring (bicyclic) bond motifs is 3. The highest BCUT2D eigenvalue weighted by molar-refractivity contribution is 5.97. The van der Waals surface area contributed by atoms with Gasteiger partial charge in [0.25, 0.3) is 0 Å². The predicted molar refractivity (Wildman–Crippen MR) is 132 cm³/mol. The minimum Gasteiger partial charge on any atom is -0.497 e. The van der Waals surface area contributed by atoms with E-state index in [4.69, 9.17) is 13.6 Å². The number of ether oxygens (including phenoxy) is 1. The van der Waals surface area contributed by atoms with Crippen LogP contribution < -0.4 is 15.7 Å². The van der Waals surface area contributed by atoms with Gasteiger partial charge in [-0.2, -0.15) is 0 Å². The van der Waals surface area contributed by atoms with Crippen molar-refractivity contribution in [2.45, 2.75) is 33.6 Å². The minimum absolute atomic E-state index is 0.0345. The molecule has 34 heavy (non-hydrogen) atoms. The molecule has 2 aromatic carbocycles. The normalized spacial score (nSPS) is 11.5. The molecule has 3 heterocycles. The Morgan fingerprint density at radius 1 is 1.00 bits per heavy atom. The lowest BCUT2D eigenvalue weighted by molar-refractivity contribution is -0.120. The molecule has 0 spiro atoms. The summed E-state index contributed by atoms with van der Waals surface area (Å²) in [6.07, 6.45) is 2.56. The van der Waals surface area contributed by atoms with Gasteiger partial charge in [0, 0.05) is 40.5 Å². The number of carbonyl (C=O) groups excluding carboxylic acids is 1. The number of hydrogen-bond donors (Lipinski definition) is 2. The number of H-pyrrole nitrogens is 1. The Balaban J connectivity index is 1.33. The van der Waals surface area contributed by atoms with Crippen LogP contribution in [-0.2, 0) is 17.6 Å². The fourth-order valence-corrected chi connectivity index (χ4v) is 4.48. The maximum Gasteiger partial charge on any atom is 0.340 e. The molecular weight excluding hydrogens is 432 g/mol. The van der Waals surface area contributed by atoms with Crippen molar-refractivity contribution in [1.82, 2.24) is 10.3 Å². The largest absolute Gasteiger partial charge is 0.497 e. The first-order chi connectivity index (χ1) is 16.4. The second-order valence-electron chi connectivity index (χ2n) is 8.62. The van der Waals surface area contributed by atoms with Gasteiger partial charge in [-0.05, 0) is 68.1 Å². The lowest BCUT2D eigenvalue weighted by Gasteiger charge is -2.09. The maximum atomic E-state index is 12.7. The highest BCUT2D eigenvalue weighted by Crippen LogP contribution is 2.31. The number of aromatic nitrogens is 1. The summed E-state index contributed by atoms with van der Waals surface area (Å²) >= 11 is 0. The molecule has 0 unspecified atom stereocenters. The van der Waals surface area contributed by atoms with Gasteiger partial charge in [0.1, 0.15) is 22.7 Å². The average molecular weight is 459 g/mol. The monoisotopic (exact) mass is 458 g/mol. The number of hydrogen-bond acceptors (Lipinski definition) is 5. The zero-order valence-corrected chi connectivity index (χ0v) is 19.6. The summed E-state index contributed by atoms with van der Waals surface area (Å²) in [5.41, 5.74) is 4.94. The number of benzene rings is 2. The van der Waals surface area contributed by atoms with E-state index in [0.717, 1.165) is 49.9 Å². The van der Waals surface area contributed by atoms with Crippen molar-refractivity contribution in [2.75, 3.05) is 13.7 Å². The van der Waals surface area contributed by atoms with E-state index in [0.29, 0.717) is 29.7 Å². The van der Waals surface area contributed by atoms with Gasteiger partial charge >= 0.3 is 5.63 Å². The summed E-state index contributed by atoms with van der Waals surface area (Å²) in [6.45, 7) is 6.22. The molecule has 174 valence electrons. The molecule has 1 amide bonds. The van der Waals surface area contributed by atoms with Gasteiger partial charge in [-0.15, -0.1) is 0 Å². The molecule has 5 rings (SSSR count). The van der Waals surface area contributed by atoms with Gasteiger partial charge in [-0.1, -0.05) is 0 Å². The summed E-state index contributed by atoms with van der Waals surface area (Å²) < 4.78 is 16.6. The molecule has 0 aliphatic heterocycles. The van der Waals surface area contributed by atoms with Gasteiger partial charge in [-0.25, -0.2) is 4.79 Å². The number of furan rings is 1. The van der Waals surface area contributed by atoms with Gasteiger partial charge < -0.3 is 23.9 Å². The molecule has 7 nitrogen and oxygen atoms in total. The van der Waals surface area contributed by atoms with Crippen LogP contribution in [0.25, 0.3) is 32.8 Å². The number of aryl methyl sites for hydroxylation is 3. The maximum absolute atomic E-state index is 12.7. The third kappa shape index (κ3) is 3.73. The Morgan fingerprint density at radius 3 is 2.56 bits per heavy atom. The molecule has 3 aromatic heterocycles. The van der Waals surface area contributed by atoms with Crippen molar-refractivity contribution < 1.29 is 18.4 Å². The van der Waals surface area contributed by atoms with Gasteiger partial charge in [0.15, 0.2) is 0 Å². The molecule has 0 fully saturated rings. The number of rotatable bonds is 6. The Labute approximate surface area is 195 Å². The Bertz CT molecular complexity index is 1620. The standard InChI is InChI=1S/C27H26N2O5/c1-14-16(3)33-24-12-25-20(10-19(14)24)15(2)21(27(31)34-25)11-26(30)28-8-7-17-13-29-23-6-5-18(32-4)9-22(17)23/h5-6,9-10,12-13,29H,7-8,11H2,1-4H3,(H,28,30). The molecule has 0 atom stereocenters. The molecule has 0 saturated carbocycles. The Hall–Kier alpha value is -4.00. The van der Waals surface area contributed by atoms with E-state index in [9.17, 15) is 9.59 Å². The predicted octanol–water partition coefficient (Wildman–Crippen LogP) is 4.86.